The van der Waals surface area contributed by atoms with Gasteiger partial charge in [-0.2, -0.15) is 0 Å². The largest absolute Gasteiger partial charge is 0.464 e. The Labute approximate surface area is 134 Å². The highest BCUT2D eigenvalue weighted by Gasteiger charge is 2.37. The van der Waals surface area contributed by atoms with E-state index in [0.29, 0.717) is 23.9 Å². The van der Waals surface area contributed by atoms with Gasteiger partial charge in [0.05, 0.1) is 12.1 Å². The molecule has 2 aliphatic carbocycles. The predicted octanol–water partition coefficient (Wildman–Crippen LogP) is 2.90. The zero-order valence-corrected chi connectivity index (χ0v) is 13.1. The number of rotatable bonds is 5. The normalized spacial score (nSPS) is 22.8. The second-order valence-corrected chi connectivity index (χ2v) is 6.73. The van der Waals surface area contributed by atoms with E-state index in [2.05, 4.69) is 11.9 Å². The summed E-state index contributed by atoms with van der Waals surface area (Å²) in [5, 5.41) is 0. The predicted molar refractivity (Wildman–Crippen MR) is 85.2 cm³/mol. The SMILES string of the molecule is CC1CC1c1ccc(CN(C(=O)c2ccc(=O)[nH]c2)C2CC2)o1. The molecule has 1 N–H and O–H groups in total. The molecule has 5 heteroatoms. The number of amides is 1. The molecule has 1 amide bonds. The topological polar surface area (TPSA) is 66.3 Å². The van der Waals surface area contributed by atoms with Crippen molar-refractivity contribution in [2.75, 3.05) is 0 Å². The average molecular weight is 312 g/mol. The van der Waals surface area contributed by atoms with Crippen LogP contribution in [-0.4, -0.2) is 21.8 Å². The van der Waals surface area contributed by atoms with E-state index in [9.17, 15) is 9.59 Å². The Morgan fingerprint density at radius 2 is 2.09 bits per heavy atom. The number of hydrogen-bond donors (Lipinski definition) is 1. The number of furan rings is 1. The summed E-state index contributed by atoms with van der Waals surface area (Å²) < 4.78 is 5.94. The molecule has 5 nitrogen and oxygen atoms in total. The third-order valence-electron chi connectivity index (χ3n) is 4.76. The van der Waals surface area contributed by atoms with Crippen LogP contribution in [0.15, 0.2) is 39.7 Å². The molecule has 0 radical (unpaired) electrons. The average Bonchev–Trinajstić information content (AvgIpc) is 3.46. The molecule has 0 bridgehead atoms. The molecule has 2 saturated carbocycles. The van der Waals surface area contributed by atoms with Crippen molar-refractivity contribution in [3.05, 3.63) is 57.9 Å². The summed E-state index contributed by atoms with van der Waals surface area (Å²) in [5.41, 5.74) is 0.313. The second kappa shape index (κ2) is 5.41. The van der Waals surface area contributed by atoms with Crippen LogP contribution in [0.3, 0.4) is 0 Å². The first-order valence-corrected chi connectivity index (χ1v) is 8.20. The maximum Gasteiger partial charge on any atom is 0.255 e. The Bertz CT molecular complexity index is 767. The summed E-state index contributed by atoms with van der Waals surface area (Å²) in [7, 11) is 0. The Hall–Kier alpha value is -2.30. The monoisotopic (exact) mass is 312 g/mol. The van der Waals surface area contributed by atoms with Gasteiger partial charge in [0, 0.05) is 24.2 Å². The summed E-state index contributed by atoms with van der Waals surface area (Å²) in [6, 6.07) is 7.27. The number of carbonyl (C=O) groups excluding carboxylic acids is 1. The van der Waals surface area contributed by atoms with Gasteiger partial charge in [-0.25, -0.2) is 0 Å². The molecular formula is C18H20N2O3. The highest BCUT2D eigenvalue weighted by Crippen LogP contribution is 2.47. The molecule has 2 aromatic heterocycles. The molecule has 120 valence electrons. The van der Waals surface area contributed by atoms with Gasteiger partial charge < -0.3 is 14.3 Å². The van der Waals surface area contributed by atoms with Gasteiger partial charge in [-0.15, -0.1) is 0 Å². The van der Waals surface area contributed by atoms with Crippen molar-refractivity contribution in [3.63, 3.8) is 0 Å². The van der Waals surface area contributed by atoms with Gasteiger partial charge in [-0.05, 0) is 43.4 Å². The highest BCUT2D eigenvalue weighted by molar-refractivity contribution is 5.94. The Morgan fingerprint density at radius 3 is 2.70 bits per heavy atom. The van der Waals surface area contributed by atoms with Crippen LogP contribution in [0.25, 0.3) is 0 Å². The first kappa shape index (κ1) is 14.3. The number of pyridine rings is 1. The van der Waals surface area contributed by atoms with E-state index in [0.717, 1.165) is 24.4 Å². The summed E-state index contributed by atoms with van der Waals surface area (Å²) >= 11 is 0. The summed E-state index contributed by atoms with van der Waals surface area (Å²) in [6.07, 6.45) is 4.74. The van der Waals surface area contributed by atoms with Crippen molar-refractivity contribution in [3.8, 4) is 0 Å². The smallest absolute Gasteiger partial charge is 0.255 e. The molecule has 2 aliphatic rings. The summed E-state index contributed by atoms with van der Waals surface area (Å²) in [6.45, 7) is 2.72. The minimum Gasteiger partial charge on any atom is -0.464 e. The Balaban J connectivity index is 1.51. The van der Waals surface area contributed by atoms with E-state index < -0.39 is 0 Å². The second-order valence-electron chi connectivity index (χ2n) is 6.73. The lowest BCUT2D eigenvalue weighted by Crippen LogP contribution is -2.32. The van der Waals surface area contributed by atoms with Crippen LogP contribution in [0.2, 0.25) is 0 Å². The lowest BCUT2D eigenvalue weighted by molar-refractivity contribution is 0.0716. The molecule has 0 spiro atoms. The van der Waals surface area contributed by atoms with Crippen molar-refractivity contribution < 1.29 is 9.21 Å². The molecule has 4 rings (SSSR count). The molecule has 2 fully saturated rings. The van der Waals surface area contributed by atoms with Crippen molar-refractivity contribution >= 4 is 5.91 Å². The van der Waals surface area contributed by atoms with Gasteiger partial charge in [-0.3, -0.25) is 9.59 Å². The van der Waals surface area contributed by atoms with Crippen LogP contribution in [0.4, 0.5) is 0 Å². The molecule has 0 aliphatic heterocycles. The van der Waals surface area contributed by atoms with Gasteiger partial charge >= 0.3 is 0 Å². The maximum atomic E-state index is 12.7. The number of nitrogens with one attached hydrogen (secondary N) is 1. The van der Waals surface area contributed by atoms with Crippen LogP contribution in [-0.2, 0) is 6.54 Å². The van der Waals surface area contributed by atoms with Crippen LogP contribution in [0, 0.1) is 5.92 Å². The number of aromatic amines is 1. The van der Waals surface area contributed by atoms with E-state index in [1.54, 1.807) is 6.07 Å². The minimum atomic E-state index is -0.200. The van der Waals surface area contributed by atoms with Gasteiger partial charge in [0.15, 0.2) is 0 Å². The summed E-state index contributed by atoms with van der Waals surface area (Å²) in [4.78, 5) is 28.3. The van der Waals surface area contributed by atoms with Gasteiger partial charge in [0.25, 0.3) is 5.91 Å². The van der Waals surface area contributed by atoms with Gasteiger partial charge in [-0.1, -0.05) is 6.92 Å². The number of nitrogens with zero attached hydrogens (tertiary/aromatic N) is 1. The standard InChI is InChI=1S/C18H20N2O3/c1-11-8-15(11)16-6-5-14(23-16)10-20(13-3-4-13)18(22)12-2-7-17(21)19-9-12/h2,5-7,9,11,13,15H,3-4,8,10H2,1H3,(H,19,21). The number of hydrogen-bond acceptors (Lipinski definition) is 3. The molecule has 23 heavy (non-hydrogen) atoms. The number of aromatic nitrogens is 1. The third-order valence-corrected chi connectivity index (χ3v) is 4.76. The maximum absolute atomic E-state index is 12.7. The molecular weight excluding hydrogens is 292 g/mol. The van der Waals surface area contributed by atoms with Crippen LogP contribution in [0.5, 0.6) is 0 Å². The Morgan fingerprint density at radius 1 is 1.30 bits per heavy atom. The zero-order valence-electron chi connectivity index (χ0n) is 13.1. The Kier molecular flexibility index (Phi) is 3.36. The highest BCUT2D eigenvalue weighted by atomic mass is 16.3. The minimum absolute atomic E-state index is 0.0542. The van der Waals surface area contributed by atoms with Crippen LogP contribution >= 0.6 is 0 Å². The molecule has 2 heterocycles. The number of H-pyrrole nitrogens is 1. The summed E-state index contributed by atoms with van der Waals surface area (Å²) in [5.74, 6) is 3.08. The van der Waals surface area contributed by atoms with E-state index in [-0.39, 0.29) is 17.5 Å². The molecule has 2 unspecified atom stereocenters. The first-order valence-electron chi connectivity index (χ1n) is 8.20. The van der Waals surface area contributed by atoms with Crippen LogP contribution in [0.1, 0.15) is 54.0 Å². The fourth-order valence-electron chi connectivity index (χ4n) is 3.03. The third kappa shape index (κ3) is 2.96. The molecule has 0 aromatic carbocycles. The lowest BCUT2D eigenvalue weighted by atomic mass is 10.2. The van der Waals surface area contributed by atoms with Crippen LogP contribution < -0.4 is 5.56 Å². The fraction of sp³-hybridized carbons (Fsp3) is 0.444. The van der Waals surface area contributed by atoms with E-state index in [1.807, 2.05) is 17.0 Å². The van der Waals surface area contributed by atoms with Gasteiger partial charge in [0.2, 0.25) is 5.56 Å². The van der Waals surface area contributed by atoms with Crippen molar-refractivity contribution in [2.24, 2.45) is 5.92 Å². The van der Waals surface area contributed by atoms with E-state index in [1.165, 1.54) is 18.7 Å². The van der Waals surface area contributed by atoms with E-state index >= 15 is 0 Å². The lowest BCUT2D eigenvalue weighted by Gasteiger charge is -2.21. The van der Waals surface area contributed by atoms with Crippen molar-refractivity contribution in [1.82, 2.24) is 9.88 Å². The first-order chi connectivity index (χ1) is 11.1. The van der Waals surface area contributed by atoms with Crippen molar-refractivity contribution in [1.29, 1.82) is 0 Å². The zero-order chi connectivity index (χ0) is 16.0. The fourth-order valence-corrected chi connectivity index (χ4v) is 3.03. The number of carbonyl (C=O) groups is 1. The van der Waals surface area contributed by atoms with E-state index in [4.69, 9.17) is 4.42 Å². The van der Waals surface area contributed by atoms with Crippen molar-refractivity contribution in [2.45, 2.75) is 44.7 Å². The van der Waals surface area contributed by atoms with Gasteiger partial charge in [0.1, 0.15) is 11.5 Å². The quantitative estimate of drug-likeness (QED) is 0.923. The molecule has 2 aromatic rings. The molecule has 2 atom stereocenters. The molecule has 0 saturated heterocycles.